The number of nitrogens with one attached hydrogen (secondary N) is 1. The average Bonchev–Trinajstić information content (AvgIpc) is 2.73. The van der Waals surface area contributed by atoms with E-state index in [4.69, 9.17) is 21.1 Å². The summed E-state index contributed by atoms with van der Waals surface area (Å²) in [5.74, 6) is 0.692. The van der Waals surface area contributed by atoms with E-state index in [2.05, 4.69) is 5.32 Å². The van der Waals surface area contributed by atoms with Crippen LogP contribution >= 0.6 is 11.6 Å². The van der Waals surface area contributed by atoms with Crippen LogP contribution in [-0.2, 0) is 0 Å². The number of carbonyl (C=O) groups is 1. The van der Waals surface area contributed by atoms with Gasteiger partial charge in [0.15, 0.2) is 0 Å². The van der Waals surface area contributed by atoms with E-state index in [0.29, 0.717) is 17.2 Å². The van der Waals surface area contributed by atoms with E-state index in [0.717, 1.165) is 11.1 Å². The van der Waals surface area contributed by atoms with E-state index in [-0.39, 0.29) is 16.3 Å². The summed E-state index contributed by atoms with van der Waals surface area (Å²) in [7, 11) is 3.14. The summed E-state index contributed by atoms with van der Waals surface area (Å²) < 4.78 is 10.6. The number of halogens is 1. The second-order valence-corrected chi connectivity index (χ2v) is 6.45. The van der Waals surface area contributed by atoms with Gasteiger partial charge in [-0.15, -0.1) is 0 Å². The number of ether oxygens (including phenoxy) is 2. The van der Waals surface area contributed by atoms with E-state index >= 15 is 0 Å². The fourth-order valence-electron chi connectivity index (χ4n) is 2.83. The van der Waals surface area contributed by atoms with Gasteiger partial charge in [0.2, 0.25) is 0 Å². The Morgan fingerprint density at radius 3 is 2.34 bits per heavy atom. The molecular weight excluding hydrogens is 396 g/mol. The first-order valence-electron chi connectivity index (χ1n) is 8.50. The molecule has 0 atom stereocenters. The Labute approximate surface area is 172 Å². The molecular formula is C21H17ClN2O5. The third-order valence-electron chi connectivity index (χ3n) is 4.26. The van der Waals surface area contributed by atoms with Crippen molar-refractivity contribution in [2.45, 2.75) is 0 Å². The highest BCUT2D eigenvalue weighted by Crippen LogP contribution is 2.34. The van der Waals surface area contributed by atoms with Gasteiger partial charge in [-0.05, 0) is 48.0 Å². The second-order valence-electron chi connectivity index (χ2n) is 6.02. The molecule has 0 saturated heterocycles. The van der Waals surface area contributed by atoms with Crippen LogP contribution in [-0.4, -0.2) is 25.1 Å². The number of amides is 1. The molecule has 0 heterocycles. The Hall–Kier alpha value is -3.58. The van der Waals surface area contributed by atoms with Crippen LogP contribution in [0.5, 0.6) is 11.5 Å². The van der Waals surface area contributed by atoms with Crippen LogP contribution in [0.4, 0.5) is 11.4 Å². The lowest BCUT2D eigenvalue weighted by atomic mass is 10.0. The van der Waals surface area contributed by atoms with Crippen molar-refractivity contribution in [2.24, 2.45) is 0 Å². The third-order valence-corrected chi connectivity index (χ3v) is 4.49. The molecule has 0 unspecified atom stereocenters. The molecule has 0 aliphatic carbocycles. The molecule has 29 heavy (non-hydrogen) atoms. The smallest absolute Gasteiger partial charge is 0.282 e. The van der Waals surface area contributed by atoms with Gasteiger partial charge in [-0.1, -0.05) is 23.7 Å². The molecule has 3 aromatic carbocycles. The van der Waals surface area contributed by atoms with Crippen molar-refractivity contribution < 1.29 is 19.2 Å². The highest BCUT2D eigenvalue weighted by atomic mass is 35.5. The van der Waals surface area contributed by atoms with E-state index in [1.807, 2.05) is 24.3 Å². The Balaban J connectivity index is 1.95. The highest BCUT2D eigenvalue weighted by molar-refractivity contribution is 6.31. The van der Waals surface area contributed by atoms with Crippen molar-refractivity contribution >= 4 is 28.9 Å². The lowest BCUT2D eigenvalue weighted by Gasteiger charge is -2.13. The molecule has 0 radical (unpaired) electrons. The van der Waals surface area contributed by atoms with Crippen LogP contribution in [0.25, 0.3) is 11.1 Å². The van der Waals surface area contributed by atoms with E-state index < -0.39 is 10.8 Å². The molecule has 7 nitrogen and oxygen atoms in total. The number of nitrogens with zero attached hydrogens (tertiary/aromatic N) is 1. The number of hydrogen-bond donors (Lipinski definition) is 1. The number of nitro groups is 1. The zero-order valence-electron chi connectivity index (χ0n) is 15.6. The topological polar surface area (TPSA) is 90.7 Å². The first kappa shape index (κ1) is 20.2. The van der Waals surface area contributed by atoms with Crippen molar-refractivity contribution in [2.75, 3.05) is 19.5 Å². The summed E-state index contributed by atoms with van der Waals surface area (Å²) >= 11 is 5.91. The summed E-state index contributed by atoms with van der Waals surface area (Å²) in [5, 5.41) is 14.1. The summed E-state index contributed by atoms with van der Waals surface area (Å²) in [6, 6.07) is 16.3. The van der Waals surface area contributed by atoms with E-state index in [1.165, 1.54) is 18.2 Å². The fourth-order valence-corrected chi connectivity index (χ4v) is 3.00. The van der Waals surface area contributed by atoms with Crippen molar-refractivity contribution in [3.63, 3.8) is 0 Å². The quantitative estimate of drug-likeness (QED) is 0.444. The highest BCUT2D eigenvalue weighted by Gasteiger charge is 2.21. The number of hydrogen-bond acceptors (Lipinski definition) is 5. The van der Waals surface area contributed by atoms with Gasteiger partial charge < -0.3 is 14.8 Å². The van der Waals surface area contributed by atoms with Crippen LogP contribution < -0.4 is 14.8 Å². The summed E-state index contributed by atoms with van der Waals surface area (Å²) in [4.78, 5) is 23.3. The van der Waals surface area contributed by atoms with Crippen LogP contribution in [0.15, 0.2) is 60.7 Å². The minimum atomic E-state index is -0.634. The molecule has 1 N–H and O–H groups in total. The first-order valence-corrected chi connectivity index (χ1v) is 8.88. The van der Waals surface area contributed by atoms with Gasteiger partial charge >= 0.3 is 0 Å². The standard InChI is InChI=1S/C21H17ClN2O5/c1-28-16-7-3-13(4-8-16)17-12-15(6-10-20(17)29-2)23-21(25)18-11-14(22)5-9-19(18)24(26)27/h3-12H,1-2H3,(H,23,25). The van der Waals surface area contributed by atoms with Gasteiger partial charge in [0.25, 0.3) is 11.6 Å². The Morgan fingerprint density at radius 1 is 1.00 bits per heavy atom. The van der Waals surface area contributed by atoms with Gasteiger partial charge in [-0.2, -0.15) is 0 Å². The van der Waals surface area contributed by atoms with Crippen molar-refractivity contribution in [3.05, 3.63) is 81.4 Å². The maximum atomic E-state index is 12.7. The van der Waals surface area contributed by atoms with E-state index in [1.54, 1.807) is 32.4 Å². The number of methoxy groups -OCH3 is 2. The average molecular weight is 413 g/mol. The molecule has 0 aliphatic rings. The zero-order valence-corrected chi connectivity index (χ0v) is 16.4. The molecule has 3 rings (SSSR count). The fraction of sp³-hybridized carbons (Fsp3) is 0.0952. The number of carbonyl (C=O) groups excluding carboxylic acids is 1. The Morgan fingerprint density at radius 2 is 1.72 bits per heavy atom. The SMILES string of the molecule is COc1ccc(-c2cc(NC(=O)c3cc(Cl)ccc3[N+](=O)[O-])ccc2OC)cc1. The maximum absolute atomic E-state index is 12.7. The zero-order chi connectivity index (χ0) is 21.0. The number of rotatable bonds is 6. The predicted octanol–water partition coefficient (Wildman–Crippen LogP) is 5.18. The van der Waals surface area contributed by atoms with Crippen LogP contribution in [0.1, 0.15) is 10.4 Å². The predicted molar refractivity (Wildman–Crippen MR) is 111 cm³/mol. The normalized spacial score (nSPS) is 10.3. The van der Waals surface area contributed by atoms with Crippen LogP contribution in [0.2, 0.25) is 5.02 Å². The minimum Gasteiger partial charge on any atom is -0.497 e. The van der Waals surface area contributed by atoms with Crippen molar-refractivity contribution in [1.29, 1.82) is 0 Å². The Kier molecular flexibility index (Phi) is 5.99. The largest absolute Gasteiger partial charge is 0.497 e. The minimum absolute atomic E-state index is 0.121. The molecule has 0 bridgehead atoms. The van der Waals surface area contributed by atoms with Gasteiger partial charge in [0.05, 0.1) is 19.1 Å². The lowest BCUT2D eigenvalue weighted by Crippen LogP contribution is -2.14. The molecule has 0 saturated carbocycles. The van der Waals surface area contributed by atoms with Gasteiger partial charge in [-0.3, -0.25) is 14.9 Å². The Bertz CT molecular complexity index is 1070. The van der Waals surface area contributed by atoms with Crippen molar-refractivity contribution in [1.82, 2.24) is 0 Å². The number of benzene rings is 3. The van der Waals surface area contributed by atoms with E-state index in [9.17, 15) is 14.9 Å². The number of nitro benzene ring substituents is 1. The summed E-state index contributed by atoms with van der Waals surface area (Å²) in [5.41, 5.74) is 1.61. The monoisotopic (exact) mass is 412 g/mol. The molecule has 0 aromatic heterocycles. The third kappa shape index (κ3) is 4.47. The van der Waals surface area contributed by atoms with Crippen LogP contribution in [0.3, 0.4) is 0 Å². The molecule has 1 amide bonds. The van der Waals surface area contributed by atoms with Gasteiger partial charge in [-0.25, -0.2) is 0 Å². The molecule has 148 valence electrons. The molecule has 3 aromatic rings. The lowest BCUT2D eigenvalue weighted by molar-refractivity contribution is -0.385. The second kappa shape index (κ2) is 8.62. The molecule has 8 heteroatoms. The first-order chi connectivity index (χ1) is 13.9. The molecule has 0 spiro atoms. The molecule has 0 aliphatic heterocycles. The molecule has 0 fully saturated rings. The van der Waals surface area contributed by atoms with Gasteiger partial charge in [0, 0.05) is 22.3 Å². The van der Waals surface area contributed by atoms with Gasteiger partial charge in [0.1, 0.15) is 17.1 Å². The number of anilines is 1. The summed E-state index contributed by atoms with van der Waals surface area (Å²) in [6.45, 7) is 0. The van der Waals surface area contributed by atoms with Crippen LogP contribution in [0, 0.1) is 10.1 Å². The summed E-state index contributed by atoms with van der Waals surface area (Å²) in [6.07, 6.45) is 0. The maximum Gasteiger partial charge on any atom is 0.282 e. The van der Waals surface area contributed by atoms with Crippen molar-refractivity contribution in [3.8, 4) is 22.6 Å².